The Labute approximate surface area is 155 Å². The molecule has 0 saturated heterocycles. The molecular formula is C17H18FN3O5S. The number of hydrogen-bond donors (Lipinski definition) is 1. The molecule has 0 aromatic heterocycles. The molecule has 0 radical (unpaired) electrons. The van der Waals surface area contributed by atoms with E-state index in [0.717, 1.165) is 22.7 Å². The number of hydrogen-bond acceptors (Lipinski definition) is 5. The first kappa shape index (κ1) is 20.3. The highest BCUT2D eigenvalue weighted by molar-refractivity contribution is 7.92. The molecule has 0 saturated carbocycles. The molecular weight excluding hydrogens is 377 g/mol. The van der Waals surface area contributed by atoms with E-state index in [2.05, 4.69) is 5.32 Å². The van der Waals surface area contributed by atoms with Crippen LogP contribution in [0.3, 0.4) is 0 Å². The summed E-state index contributed by atoms with van der Waals surface area (Å²) in [6, 6.07) is 8.91. The van der Waals surface area contributed by atoms with E-state index in [1.165, 1.54) is 36.4 Å². The number of nitrogens with zero attached hydrogens (tertiary/aromatic N) is 2. The molecule has 1 atom stereocenters. The van der Waals surface area contributed by atoms with E-state index in [0.29, 0.717) is 0 Å². The molecule has 0 aliphatic heterocycles. The van der Waals surface area contributed by atoms with Crippen LogP contribution in [0.4, 0.5) is 21.5 Å². The Morgan fingerprint density at radius 3 is 2.41 bits per heavy atom. The van der Waals surface area contributed by atoms with Crippen LogP contribution in [0.5, 0.6) is 0 Å². The second kappa shape index (κ2) is 8.12. The van der Waals surface area contributed by atoms with E-state index in [4.69, 9.17) is 0 Å². The molecule has 2 aromatic rings. The lowest BCUT2D eigenvalue weighted by atomic mass is 10.1. The number of non-ortho nitro benzene ring substituents is 1. The Hall–Kier alpha value is -3.01. The Balaban J connectivity index is 2.36. The minimum absolute atomic E-state index is 0.130. The summed E-state index contributed by atoms with van der Waals surface area (Å²) in [6.07, 6.45) is 1.07. The first-order chi connectivity index (χ1) is 12.6. The van der Waals surface area contributed by atoms with Crippen LogP contribution in [0, 0.1) is 15.9 Å². The number of carbonyl (C=O) groups is 1. The summed E-state index contributed by atoms with van der Waals surface area (Å²) in [5.41, 5.74) is 0.0968. The average molecular weight is 395 g/mol. The molecule has 8 nitrogen and oxygen atoms in total. The molecule has 0 unspecified atom stereocenters. The third-order valence-corrected chi connectivity index (χ3v) is 4.92. The Kier molecular flexibility index (Phi) is 6.11. The maximum Gasteiger partial charge on any atom is 0.271 e. The van der Waals surface area contributed by atoms with Crippen LogP contribution in [-0.2, 0) is 14.8 Å². The summed E-state index contributed by atoms with van der Waals surface area (Å²) in [5, 5.41) is 13.4. The first-order valence-corrected chi connectivity index (χ1v) is 9.78. The second-order valence-corrected chi connectivity index (χ2v) is 7.62. The molecule has 10 heteroatoms. The monoisotopic (exact) mass is 395 g/mol. The Morgan fingerprint density at radius 1 is 1.26 bits per heavy atom. The highest BCUT2D eigenvalue weighted by atomic mass is 32.2. The number of halogens is 1. The van der Waals surface area contributed by atoms with Gasteiger partial charge in [-0.3, -0.25) is 19.2 Å². The molecule has 0 heterocycles. The van der Waals surface area contributed by atoms with Gasteiger partial charge in [0.1, 0.15) is 11.9 Å². The highest BCUT2D eigenvalue weighted by Gasteiger charge is 2.31. The van der Waals surface area contributed by atoms with Crippen molar-refractivity contribution in [1.29, 1.82) is 0 Å². The molecule has 0 aliphatic rings. The minimum Gasteiger partial charge on any atom is -0.324 e. The van der Waals surface area contributed by atoms with Crippen molar-refractivity contribution >= 4 is 33.0 Å². The van der Waals surface area contributed by atoms with Crippen LogP contribution in [0.15, 0.2) is 48.5 Å². The van der Waals surface area contributed by atoms with Crippen LogP contribution in [0.25, 0.3) is 0 Å². The molecule has 1 amide bonds. The van der Waals surface area contributed by atoms with Gasteiger partial charge in [0, 0.05) is 17.8 Å². The lowest BCUT2D eigenvalue weighted by molar-refractivity contribution is -0.384. The maximum atomic E-state index is 13.2. The van der Waals surface area contributed by atoms with E-state index in [1.54, 1.807) is 6.92 Å². The summed E-state index contributed by atoms with van der Waals surface area (Å²) in [7, 11) is -3.86. The molecule has 0 fully saturated rings. The van der Waals surface area contributed by atoms with E-state index in [1.807, 2.05) is 0 Å². The van der Waals surface area contributed by atoms with Gasteiger partial charge in [-0.25, -0.2) is 12.8 Å². The van der Waals surface area contributed by atoms with Gasteiger partial charge in [-0.2, -0.15) is 0 Å². The van der Waals surface area contributed by atoms with Gasteiger partial charge in [0.15, 0.2) is 0 Å². The maximum absolute atomic E-state index is 13.2. The standard InChI is InChI=1S/C17H18FN3O5S/c1-3-16(17(22)19-13-5-4-6-15(11-13)21(23)24)20(27(2,25)26)14-9-7-12(18)8-10-14/h4-11,16H,3H2,1-2H3,(H,19,22)/t16-/m1/s1. The van der Waals surface area contributed by atoms with E-state index in [-0.39, 0.29) is 23.5 Å². The van der Waals surface area contributed by atoms with Crippen molar-refractivity contribution in [1.82, 2.24) is 0 Å². The quantitative estimate of drug-likeness (QED) is 0.573. The fourth-order valence-electron chi connectivity index (χ4n) is 2.57. The zero-order valence-electron chi connectivity index (χ0n) is 14.6. The first-order valence-electron chi connectivity index (χ1n) is 7.93. The smallest absolute Gasteiger partial charge is 0.271 e. The fraction of sp³-hybridized carbons (Fsp3) is 0.235. The number of anilines is 2. The molecule has 2 aromatic carbocycles. The van der Waals surface area contributed by atoms with Crippen molar-refractivity contribution < 1.29 is 22.5 Å². The average Bonchev–Trinajstić information content (AvgIpc) is 2.59. The van der Waals surface area contributed by atoms with Gasteiger partial charge in [-0.05, 0) is 36.8 Å². The molecule has 0 spiro atoms. The second-order valence-electron chi connectivity index (χ2n) is 5.76. The van der Waals surface area contributed by atoms with Crippen molar-refractivity contribution in [2.45, 2.75) is 19.4 Å². The number of nitro benzene ring substituents is 1. The summed E-state index contributed by atoms with van der Waals surface area (Å²) in [6.45, 7) is 1.62. The molecule has 27 heavy (non-hydrogen) atoms. The topological polar surface area (TPSA) is 110 Å². The van der Waals surface area contributed by atoms with E-state index in [9.17, 15) is 27.7 Å². The van der Waals surface area contributed by atoms with Gasteiger partial charge >= 0.3 is 0 Å². The van der Waals surface area contributed by atoms with Crippen LogP contribution in [-0.4, -0.2) is 31.5 Å². The highest BCUT2D eigenvalue weighted by Crippen LogP contribution is 2.24. The number of rotatable bonds is 7. The molecule has 0 aliphatic carbocycles. The van der Waals surface area contributed by atoms with Gasteiger partial charge < -0.3 is 5.32 Å². The Bertz CT molecular complexity index is 947. The molecule has 2 rings (SSSR count). The number of sulfonamides is 1. The summed E-state index contributed by atoms with van der Waals surface area (Å²) in [4.78, 5) is 22.9. The summed E-state index contributed by atoms with van der Waals surface area (Å²) in [5.74, 6) is -1.20. The number of carbonyl (C=O) groups excluding carboxylic acids is 1. The number of benzene rings is 2. The lowest BCUT2D eigenvalue weighted by Gasteiger charge is -2.30. The van der Waals surface area contributed by atoms with Gasteiger partial charge in [0.05, 0.1) is 16.9 Å². The van der Waals surface area contributed by atoms with Gasteiger partial charge in [0.25, 0.3) is 5.69 Å². The number of nitrogens with one attached hydrogen (secondary N) is 1. The van der Waals surface area contributed by atoms with Crippen LogP contribution in [0.1, 0.15) is 13.3 Å². The zero-order valence-corrected chi connectivity index (χ0v) is 15.4. The minimum atomic E-state index is -3.86. The third-order valence-electron chi connectivity index (χ3n) is 3.74. The predicted molar refractivity (Wildman–Crippen MR) is 99.5 cm³/mol. The molecule has 1 N–H and O–H groups in total. The number of nitro groups is 1. The van der Waals surface area contributed by atoms with Gasteiger partial charge in [-0.15, -0.1) is 0 Å². The van der Waals surface area contributed by atoms with Crippen molar-refractivity contribution in [3.8, 4) is 0 Å². The fourth-order valence-corrected chi connectivity index (χ4v) is 3.78. The molecule has 0 bridgehead atoms. The lowest BCUT2D eigenvalue weighted by Crippen LogP contribution is -2.47. The summed E-state index contributed by atoms with van der Waals surface area (Å²) >= 11 is 0. The Morgan fingerprint density at radius 2 is 1.89 bits per heavy atom. The predicted octanol–water partition coefficient (Wildman–Crippen LogP) is 2.92. The van der Waals surface area contributed by atoms with Crippen LogP contribution in [0.2, 0.25) is 0 Å². The van der Waals surface area contributed by atoms with Gasteiger partial charge in [-0.1, -0.05) is 13.0 Å². The SMILES string of the molecule is CC[C@H](C(=O)Nc1cccc([N+](=O)[O-])c1)N(c1ccc(F)cc1)S(C)(=O)=O. The van der Waals surface area contributed by atoms with Crippen molar-refractivity contribution in [3.63, 3.8) is 0 Å². The van der Waals surface area contributed by atoms with Crippen molar-refractivity contribution in [2.24, 2.45) is 0 Å². The summed E-state index contributed by atoms with van der Waals surface area (Å²) < 4.78 is 38.6. The molecule has 144 valence electrons. The van der Waals surface area contributed by atoms with Crippen molar-refractivity contribution in [3.05, 3.63) is 64.5 Å². The van der Waals surface area contributed by atoms with Crippen LogP contribution < -0.4 is 9.62 Å². The normalized spacial score (nSPS) is 12.3. The van der Waals surface area contributed by atoms with Gasteiger partial charge in [0.2, 0.25) is 15.9 Å². The van der Waals surface area contributed by atoms with E-state index < -0.39 is 32.7 Å². The number of amides is 1. The van der Waals surface area contributed by atoms with Crippen LogP contribution >= 0.6 is 0 Å². The van der Waals surface area contributed by atoms with Crippen molar-refractivity contribution in [2.75, 3.05) is 15.9 Å². The zero-order chi connectivity index (χ0) is 20.2. The van der Waals surface area contributed by atoms with E-state index >= 15 is 0 Å². The third kappa shape index (κ3) is 5.00. The largest absolute Gasteiger partial charge is 0.324 e.